The summed E-state index contributed by atoms with van der Waals surface area (Å²) >= 11 is 0. The van der Waals surface area contributed by atoms with Crippen molar-refractivity contribution in [3.63, 3.8) is 0 Å². The molecule has 1 aromatic carbocycles. The molecule has 2 N–H and O–H groups in total. The smallest absolute Gasteiger partial charge is 0.326 e. The fourth-order valence-electron chi connectivity index (χ4n) is 3.28. The Balaban J connectivity index is 1.76. The third-order valence-electron chi connectivity index (χ3n) is 4.51. The van der Waals surface area contributed by atoms with Crippen LogP contribution in [0.15, 0.2) is 24.3 Å². The molecule has 1 aliphatic carbocycles. The molecule has 25 heavy (non-hydrogen) atoms. The fourth-order valence-corrected chi connectivity index (χ4v) is 3.28. The van der Waals surface area contributed by atoms with E-state index in [1.54, 1.807) is 31.2 Å². The summed E-state index contributed by atoms with van der Waals surface area (Å²) in [6, 6.07) is 6.79. The summed E-state index contributed by atoms with van der Waals surface area (Å²) in [7, 11) is 0. The van der Waals surface area contributed by atoms with Crippen molar-refractivity contribution >= 4 is 11.6 Å². The number of aromatic amines is 1. The minimum Gasteiger partial charge on any atom is -0.326 e. The molecular formula is C17H19F3N4O. The molecule has 0 bridgehead atoms. The van der Waals surface area contributed by atoms with Gasteiger partial charge in [-0.05, 0) is 31.9 Å². The van der Waals surface area contributed by atoms with Crippen LogP contribution in [0.2, 0.25) is 0 Å². The Morgan fingerprint density at radius 2 is 2.04 bits per heavy atom. The zero-order valence-corrected chi connectivity index (χ0v) is 13.7. The zero-order valence-electron chi connectivity index (χ0n) is 13.7. The van der Waals surface area contributed by atoms with Crippen molar-refractivity contribution in [3.8, 4) is 11.4 Å². The van der Waals surface area contributed by atoms with E-state index in [0.717, 1.165) is 0 Å². The van der Waals surface area contributed by atoms with Crippen molar-refractivity contribution in [2.24, 2.45) is 11.8 Å². The summed E-state index contributed by atoms with van der Waals surface area (Å²) in [5, 5.41) is 9.40. The van der Waals surface area contributed by atoms with E-state index >= 15 is 0 Å². The first-order valence-corrected chi connectivity index (χ1v) is 8.21. The molecule has 0 aliphatic heterocycles. The number of halogens is 3. The van der Waals surface area contributed by atoms with Gasteiger partial charge in [0.1, 0.15) is 5.82 Å². The number of hydrogen-bond donors (Lipinski definition) is 2. The molecule has 1 aliphatic rings. The maximum Gasteiger partial charge on any atom is 0.392 e. The number of aromatic nitrogens is 3. The lowest BCUT2D eigenvalue weighted by Crippen LogP contribution is -2.39. The molecule has 5 nitrogen and oxygen atoms in total. The van der Waals surface area contributed by atoms with Crippen LogP contribution in [0.1, 0.15) is 31.5 Å². The Bertz CT molecular complexity index is 756. The Morgan fingerprint density at radius 1 is 1.28 bits per heavy atom. The van der Waals surface area contributed by atoms with E-state index in [2.05, 4.69) is 20.5 Å². The molecule has 1 saturated carbocycles. The van der Waals surface area contributed by atoms with Gasteiger partial charge in [-0.3, -0.25) is 9.89 Å². The largest absolute Gasteiger partial charge is 0.392 e. The first-order chi connectivity index (χ1) is 11.8. The molecule has 0 saturated heterocycles. The number of hydrogen-bond acceptors (Lipinski definition) is 3. The van der Waals surface area contributed by atoms with Gasteiger partial charge in [-0.15, -0.1) is 0 Å². The SMILES string of the molecule is Cc1nc(-c2cccc(NC(=O)C3CCCCC3C(F)(F)F)c2)n[nH]1. The summed E-state index contributed by atoms with van der Waals surface area (Å²) in [6.07, 6.45) is -2.93. The zero-order chi connectivity index (χ0) is 18.0. The topological polar surface area (TPSA) is 70.7 Å². The van der Waals surface area contributed by atoms with Crippen molar-refractivity contribution < 1.29 is 18.0 Å². The standard InChI is InChI=1S/C17H19F3N4O/c1-10-21-15(24-23-10)11-5-4-6-12(9-11)22-16(25)13-7-2-3-8-14(13)17(18,19)20/h4-6,9,13-14H,2-3,7-8H2,1H3,(H,22,25)(H,21,23,24). The van der Waals surface area contributed by atoms with Crippen molar-refractivity contribution in [2.75, 3.05) is 5.32 Å². The van der Waals surface area contributed by atoms with Gasteiger partial charge in [0.25, 0.3) is 0 Å². The number of aryl methyl sites for hydroxylation is 1. The van der Waals surface area contributed by atoms with Crippen LogP contribution < -0.4 is 5.32 Å². The molecule has 0 spiro atoms. The number of carbonyl (C=O) groups excluding carboxylic acids is 1. The highest BCUT2D eigenvalue weighted by Crippen LogP contribution is 2.41. The Hall–Kier alpha value is -2.38. The Kier molecular flexibility index (Phi) is 4.78. The molecule has 2 aromatic rings. The third kappa shape index (κ3) is 4.00. The van der Waals surface area contributed by atoms with Gasteiger partial charge in [0.2, 0.25) is 5.91 Å². The van der Waals surface area contributed by atoms with Crippen LogP contribution >= 0.6 is 0 Å². The van der Waals surface area contributed by atoms with Crippen LogP contribution in [0.4, 0.5) is 18.9 Å². The van der Waals surface area contributed by atoms with Crippen molar-refractivity contribution in [2.45, 2.75) is 38.8 Å². The summed E-state index contributed by atoms with van der Waals surface area (Å²) in [4.78, 5) is 16.6. The minimum atomic E-state index is -4.35. The second kappa shape index (κ2) is 6.85. The van der Waals surface area contributed by atoms with Crippen molar-refractivity contribution in [1.82, 2.24) is 15.2 Å². The third-order valence-corrected chi connectivity index (χ3v) is 4.51. The summed E-state index contributed by atoms with van der Waals surface area (Å²) in [5.41, 5.74) is 1.12. The van der Waals surface area contributed by atoms with Crippen molar-refractivity contribution in [1.29, 1.82) is 0 Å². The number of carbonyl (C=O) groups is 1. The lowest BCUT2D eigenvalue weighted by atomic mass is 9.78. The first kappa shape index (κ1) is 17.4. The molecule has 3 rings (SSSR count). The van der Waals surface area contributed by atoms with E-state index in [-0.39, 0.29) is 12.8 Å². The lowest BCUT2D eigenvalue weighted by Gasteiger charge is -2.32. The molecule has 0 radical (unpaired) electrons. The maximum atomic E-state index is 13.2. The molecule has 1 aromatic heterocycles. The van der Waals surface area contributed by atoms with E-state index in [1.807, 2.05) is 0 Å². The van der Waals surface area contributed by atoms with Crippen LogP contribution in [0.5, 0.6) is 0 Å². The quantitative estimate of drug-likeness (QED) is 0.874. The number of nitrogens with zero attached hydrogens (tertiary/aromatic N) is 2. The summed E-state index contributed by atoms with van der Waals surface area (Å²) in [6.45, 7) is 1.77. The van der Waals surface area contributed by atoms with Gasteiger partial charge in [0.15, 0.2) is 5.82 Å². The molecule has 1 fully saturated rings. The Morgan fingerprint density at radius 3 is 2.72 bits per heavy atom. The van der Waals surface area contributed by atoms with E-state index < -0.39 is 23.9 Å². The highest BCUT2D eigenvalue weighted by atomic mass is 19.4. The number of benzene rings is 1. The van der Waals surface area contributed by atoms with Crippen LogP contribution in [-0.2, 0) is 4.79 Å². The average molecular weight is 352 g/mol. The number of anilines is 1. The lowest BCUT2D eigenvalue weighted by molar-refractivity contribution is -0.197. The monoisotopic (exact) mass is 352 g/mol. The molecule has 1 heterocycles. The predicted molar refractivity (Wildman–Crippen MR) is 86.7 cm³/mol. The molecule has 1 amide bonds. The van der Waals surface area contributed by atoms with Crippen LogP contribution in [0.25, 0.3) is 11.4 Å². The fraction of sp³-hybridized carbons (Fsp3) is 0.471. The summed E-state index contributed by atoms with van der Waals surface area (Å²) in [5.74, 6) is -2.06. The number of alkyl halides is 3. The van der Waals surface area contributed by atoms with Gasteiger partial charge in [-0.1, -0.05) is 25.0 Å². The van der Waals surface area contributed by atoms with Gasteiger partial charge < -0.3 is 5.32 Å². The molecule has 2 atom stereocenters. The predicted octanol–water partition coefficient (Wildman–Crippen LogP) is 4.09. The number of nitrogens with one attached hydrogen (secondary N) is 2. The second-order valence-electron chi connectivity index (χ2n) is 6.35. The van der Waals surface area contributed by atoms with Gasteiger partial charge in [-0.2, -0.15) is 18.3 Å². The van der Waals surface area contributed by atoms with Crippen molar-refractivity contribution in [3.05, 3.63) is 30.1 Å². The molecule has 2 unspecified atom stereocenters. The number of rotatable bonds is 3. The Labute approximate surface area is 143 Å². The number of H-pyrrole nitrogens is 1. The molecule has 8 heteroatoms. The van der Waals surface area contributed by atoms with E-state index in [4.69, 9.17) is 0 Å². The molecule has 134 valence electrons. The first-order valence-electron chi connectivity index (χ1n) is 8.21. The number of amides is 1. The summed E-state index contributed by atoms with van der Waals surface area (Å²) < 4.78 is 39.5. The second-order valence-corrected chi connectivity index (χ2v) is 6.35. The van der Waals surface area contributed by atoms with Gasteiger partial charge in [-0.25, -0.2) is 4.98 Å². The maximum absolute atomic E-state index is 13.2. The average Bonchev–Trinajstić information content (AvgIpc) is 3.01. The minimum absolute atomic E-state index is 0.0120. The van der Waals surface area contributed by atoms with Gasteiger partial charge in [0, 0.05) is 17.2 Å². The van der Waals surface area contributed by atoms with Crippen LogP contribution in [0.3, 0.4) is 0 Å². The van der Waals surface area contributed by atoms with Crippen LogP contribution in [0, 0.1) is 18.8 Å². The van der Waals surface area contributed by atoms with Crippen LogP contribution in [-0.4, -0.2) is 27.3 Å². The highest BCUT2D eigenvalue weighted by molar-refractivity contribution is 5.93. The van der Waals surface area contributed by atoms with Gasteiger partial charge >= 0.3 is 6.18 Å². The van der Waals surface area contributed by atoms with E-state index in [0.29, 0.717) is 35.7 Å². The van der Waals surface area contributed by atoms with Gasteiger partial charge in [0.05, 0.1) is 5.92 Å². The van der Waals surface area contributed by atoms with E-state index in [9.17, 15) is 18.0 Å². The normalized spacial score (nSPS) is 21.1. The molecular weight excluding hydrogens is 333 g/mol. The highest BCUT2D eigenvalue weighted by Gasteiger charge is 2.48. The van der Waals surface area contributed by atoms with E-state index in [1.165, 1.54) is 0 Å².